The zero-order valence-corrected chi connectivity index (χ0v) is 19.9. The molecule has 0 unspecified atom stereocenters. The first-order valence-electron chi connectivity index (χ1n) is 12.3. The Bertz CT molecular complexity index is 1360. The van der Waals surface area contributed by atoms with Gasteiger partial charge in [0.05, 0.1) is 17.5 Å². The number of aryl methyl sites for hydroxylation is 2. The molecule has 8 nitrogen and oxygen atoms in total. The molecule has 2 amide bonds. The fraction of sp³-hybridized carbons (Fsp3) is 0.423. The smallest absolute Gasteiger partial charge is 0.422 e. The number of carbonyl (C=O) groups excluding carboxylic acids is 2. The highest BCUT2D eigenvalue weighted by atomic mass is 19.4. The van der Waals surface area contributed by atoms with Gasteiger partial charge in [-0.25, -0.2) is 4.68 Å². The molecule has 0 radical (unpaired) electrons. The number of furan rings is 1. The lowest BCUT2D eigenvalue weighted by atomic mass is 9.82. The van der Waals surface area contributed by atoms with Gasteiger partial charge in [0.25, 0.3) is 11.8 Å². The van der Waals surface area contributed by atoms with E-state index in [0.29, 0.717) is 48.8 Å². The fourth-order valence-electron chi connectivity index (χ4n) is 5.36. The molecule has 1 aromatic carbocycles. The average Bonchev–Trinajstić information content (AvgIpc) is 3.23. The second kappa shape index (κ2) is 8.67. The molecule has 3 aromatic rings. The monoisotopic (exact) mass is 514 g/mol. The highest BCUT2D eigenvalue weighted by Crippen LogP contribution is 2.44. The minimum absolute atomic E-state index is 0.129. The van der Waals surface area contributed by atoms with Gasteiger partial charge in [-0.1, -0.05) is 18.9 Å². The van der Waals surface area contributed by atoms with Crippen LogP contribution in [0.2, 0.25) is 0 Å². The van der Waals surface area contributed by atoms with Crippen molar-refractivity contribution in [3.05, 3.63) is 64.7 Å². The maximum atomic E-state index is 13.5. The number of halogens is 3. The van der Waals surface area contributed by atoms with Crippen molar-refractivity contribution in [2.75, 3.05) is 11.9 Å². The molecule has 37 heavy (non-hydrogen) atoms. The van der Waals surface area contributed by atoms with Crippen molar-refractivity contribution in [2.24, 2.45) is 5.92 Å². The van der Waals surface area contributed by atoms with Gasteiger partial charge < -0.3 is 19.8 Å². The molecule has 3 aliphatic rings. The van der Waals surface area contributed by atoms with Crippen molar-refractivity contribution in [3.8, 4) is 5.75 Å². The number of aromatic nitrogens is 2. The van der Waals surface area contributed by atoms with Crippen molar-refractivity contribution < 1.29 is 31.9 Å². The van der Waals surface area contributed by atoms with Crippen LogP contribution in [0, 0.1) is 5.92 Å². The van der Waals surface area contributed by atoms with Gasteiger partial charge in [-0.05, 0) is 60.6 Å². The number of benzene rings is 1. The van der Waals surface area contributed by atoms with E-state index >= 15 is 0 Å². The number of alkyl halides is 3. The number of hydrogen-bond acceptors (Lipinski definition) is 5. The normalized spacial score (nSPS) is 20.5. The molecule has 1 spiro atoms. The van der Waals surface area contributed by atoms with Crippen molar-refractivity contribution >= 4 is 17.6 Å². The molecule has 2 aliphatic carbocycles. The maximum absolute atomic E-state index is 13.5. The fourth-order valence-corrected chi connectivity index (χ4v) is 5.36. The molecule has 1 fully saturated rings. The molecular formula is C26H25F3N4O4. The Balaban J connectivity index is 1.30. The minimum atomic E-state index is -4.42. The van der Waals surface area contributed by atoms with Crippen LogP contribution >= 0.6 is 0 Å². The zero-order valence-electron chi connectivity index (χ0n) is 19.9. The van der Waals surface area contributed by atoms with E-state index in [-0.39, 0.29) is 17.4 Å². The topological polar surface area (TPSA) is 98.4 Å². The second-order valence-corrected chi connectivity index (χ2v) is 9.99. The molecular weight excluding hydrogens is 489 g/mol. The molecule has 2 N–H and O–H groups in total. The second-order valence-electron chi connectivity index (χ2n) is 9.99. The lowest BCUT2D eigenvalue weighted by Gasteiger charge is -2.35. The zero-order chi connectivity index (χ0) is 25.8. The molecule has 0 bridgehead atoms. The SMILES string of the molecule is O=C(Nc1c2c(nn1CCC1CC1)C[C@]1(CCc3cc(OCC(F)(F)F)ccc31)NC2=O)c1ccco1. The number of hydrogen-bond donors (Lipinski definition) is 2. The predicted octanol–water partition coefficient (Wildman–Crippen LogP) is 4.60. The van der Waals surface area contributed by atoms with E-state index in [9.17, 15) is 22.8 Å². The Morgan fingerprint density at radius 2 is 2.14 bits per heavy atom. The highest BCUT2D eigenvalue weighted by molar-refractivity contribution is 6.08. The predicted molar refractivity (Wildman–Crippen MR) is 125 cm³/mol. The summed E-state index contributed by atoms with van der Waals surface area (Å²) < 4.78 is 49.5. The van der Waals surface area contributed by atoms with Crippen LogP contribution in [0.25, 0.3) is 0 Å². The molecule has 1 atom stereocenters. The number of amides is 2. The van der Waals surface area contributed by atoms with Crippen LogP contribution in [0.15, 0.2) is 41.0 Å². The minimum Gasteiger partial charge on any atom is -0.484 e. The van der Waals surface area contributed by atoms with Crippen LogP contribution in [0.3, 0.4) is 0 Å². The standard InChI is InChI=1S/C26H25F3N4O4/c27-26(28,29)14-37-17-5-6-18-16(12-17)7-9-25(18)13-19-21(24(35)31-25)22(30-23(34)20-2-1-11-36-20)33(32-19)10-8-15-3-4-15/h1-2,5-6,11-12,15H,3-4,7-10,13-14H2,(H,30,34)(H,31,35)/t25-/m0/s1. The van der Waals surface area contributed by atoms with Gasteiger partial charge in [-0.2, -0.15) is 18.3 Å². The molecule has 2 aromatic heterocycles. The molecule has 3 heterocycles. The Labute approximate surface area is 210 Å². The van der Waals surface area contributed by atoms with Crippen LogP contribution in [0.5, 0.6) is 5.75 Å². The van der Waals surface area contributed by atoms with Gasteiger partial charge in [0.15, 0.2) is 12.4 Å². The van der Waals surface area contributed by atoms with E-state index in [4.69, 9.17) is 14.3 Å². The number of carbonyl (C=O) groups is 2. The first-order chi connectivity index (χ1) is 17.7. The van der Waals surface area contributed by atoms with Crippen molar-refractivity contribution in [3.63, 3.8) is 0 Å². The van der Waals surface area contributed by atoms with Gasteiger partial charge >= 0.3 is 6.18 Å². The molecule has 6 rings (SSSR count). The van der Waals surface area contributed by atoms with Gasteiger partial charge in [0, 0.05) is 13.0 Å². The lowest BCUT2D eigenvalue weighted by Crippen LogP contribution is -2.49. The quantitative estimate of drug-likeness (QED) is 0.480. The van der Waals surface area contributed by atoms with Gasteiger partial charge in [-0.15, -0.1) is 0 Å². The molecule has 1 aliphatic heterocycles. The molecule has 1 saturated carbocycles. The third kappa shape index (κ3) is 4.58. The molecule has 0 saturated heterocycles. The summed E-state index contributed by atoms with van der Waals surface area (Å²) in [6.45, 7) is -0.788. The summed E-state index contributed by atoms with van der Waals surface area (Å²) in [5.74, 6) is 0.432. The Hall–Kier alpha value is -3.76. The van der Waals surface area contributed by atoms with Gasteiger partial charge in [0.2, 0.25) is 0 Å². The number of nitrogens with one attached hydrogen (secondary N) is 2. The van der Waals surface area contributed by atoms with Crippen LogP contribution in [0.1, 0.15) is 63.4 Å². The number of ether oxygens (including phenoxy) is 1. The van der Waals surface area contributed by atoms with E-state index in [2.05, 4.69) is 10.6 Å². The van der Waals surface area contributed by atoms with Gasteiger partial charge in [-0.3, -0.25) is 9.59 Å². The summed E-state index contributed by atoms with van der Waals surface area (Å²) in [5, 5.41) is 10.7. The van der Waals surface area contributed by atoms with E-state index < -0.39 is 24.2 Å². The maximum Gasteiger partial charge on any atom is 0.422 e. The highest BCUT2D eigenvalue weighted by Gasteiger charge is 2.47. The van der Waals surface area contributed by atoms with Crippen LogP contribution in [-0.2, 0) is 24.9 Å². The van der Waals surface area contributed by atoms with Crippen LogP contribution in [0.4, 0.5) is 19.0 Å². The Morgan fingerprint density at radius 3 is 2.86 bits per heavy atom. The summed E-state index contributed by atoms with van der Waals surface area (Å²) in [5.41, 5.74) is 1.88. The van der Waals surface area contributed by atoms with Crippen LogP contribution in [-0.4, -0.2) is 34.4 Å². The summed E-state index contributed by atoms with van der Waals surface area (Å²) in [4.78, 5) is 26.3. The number of fused-ring (bicyclic) bond motifs is 3. The van der Waals surface area contributed by atoms with E-state index in [1.54, 1.807) is 28.9 Å². The first-order valence-corrected chi connectivity index (χ1v) is 12.3. The van der Waals surface area contributed by atoms with Gasteiger partial charge in [0.1, 0.15) is 17.1 Å². The Morgan fingerprint density at radius 1 is 1.30 bits per heavy atom. The van der Waals surface area contributed by atoms with Crippen molar-refractivity contribution in [2.45, 2.75) is 56.8 Å². The molecule has 194 valence electrons. The number of rotatable bonds is 7. The number of anilines is 1. The molecule has 11 heteroatoms. The third-order valence-electron chi connectivity index (χ3n) is 7.31. The summed E-state index contributed by atoms with van der Waals surface area (Å²) >= 11 is 0. The lowest BCUT2D eigenvalue weighted by molar-refractivity contribution is -0.153. The average molecular weight is 515 g/mol. The summed E-state index contributed by atoms with van der Waals surface area (Å²) in [6.07, 6.45) is 1.80. The van der Waals surface area contributed by atoms with E-state index in [1.807, 2.05) is 0 Å². The largest absolute Gasteiger partial charge is 0.484 e. The summed E-state index contributed by atoms with van der Waals surface area (Å²) in [6, 6.07) is 8.00. The van der Waals surface area contributed by atoms with Crippen molar-refractivity contribution in [1.82, 2.24) is 15.1 Å². The van der Waals surface area contributed by atoms with Crippen LogP contribution < -0.4 is 15.4 Å². The van der Waals surface area contributed by atoms with E-state index in [0.717, 1.165) is 17.5 Å². The van der Waals surface area contributed by atoms with E-state index in [1.165, 1.54) is 25.2 Å². The first kappa shape index (κ1) is 23.6. The number of nitrogens with zero attached hydrogens (tertiary/aromatic N) is 2. The Kier molecular flexibility index (Phi) is 5.54. The third-order valence-corrected chi connectivity index (χ3v) is 7.31. The van der Waals surface area contributed by atoms with Crippen molar-refractivity contribution in [1.29, 1.82) is 0 Å². The summed E-state index contributed by atoms with van der Waals surface area (Å²) in [7, 11) is 0.